The van der Waals surface area contributed by atoms with E-state index in [0.717, 1.165) is 12.1 Å². The molecule has 0 aromatic heterocycles. The van der Waals surface area contributed by atoms with E-state index in [1.165, 1.54) is 51.4 Å². The van der Waals surface area contributed by atoms with Gasteiger partial charge in [-0.25, -0.2) is 0 Å². The molecule has 0 bridgehead atoms. The van der Waals surface area contributed by atoms with Gasteiger partial charge in [-0.15, -0.1) is 0 Å². The topological polar surface area (TPSA) is 3.24 Å². The van der Waals surface area contributed by atoms with E-state index in [-0.39, 0.29) is 0 Å². The van der Waals surface area contributed by atoms with Crippen molar-refractivity contribution in [3.63, 3.8) is 0 Å². The highest BCUT2D eigenvalue weighted by Crippen LogP contribution is 2.24. The van der Waals surface area contributed by atoms with Gasteiger partial charge in [0.05, 0.1) is 0 Å². The second kappa shape index (κ2) is 6.44. The van der Waals surface area contributed by atoms with Crippen molar-refractivity contribution in [3.8, 4) is 0 Å². The van der Waals surface area contributed by atoms with Gasteiger partial charge in [0.15, 0.2) is 0 Å². The molecule has 0 aliphatic heterocycles. The molecule has 0 N–H and O–H groups in total. The van der Waals surface area contributed by atoms with Crippen LogP contribution in [0.15, 0.2) is 0 Å². The molecule has 1 heteroatoms. The first-order chi connectivity index (χ1) is 6.75. The van der Waals surface area contributed by atoms with Crippen LogP contribution < -0.4 is 0 Å². The first kappa shape index (κ1) is 12.0. The predicted molar refractivity (Wildman–Crippen MR) is 63.6 cm³/mol. The highest BCUT2D eigenvalue weighted by atomic mass is 15.2. The summed E-state index contributed by atoms with van der Waals surface area (Å²) in [6, 6.07) is 1.67. The second-order valence-electron chi connectivity index (χ2n) is 4.95. The molecule has 1 atom stereocenters. The molecule has 1 aliphatic carbocycles. The van der Waals surface area contributed by atoms with Gasteiger partial charge in [-0.3, -0.25) is 0 Å². The third-order valence-electron chi connectivity index (χ3n) is 3.82. The monoisotopic (exact) mass is 197 g/mol. The summed E-state index contributed by atoms with van der Waals surface area (Å²) in [4.78, 5) is 2.63. The van der Waals surface area contributed by atoms with E-state index in [1.807, 2.05) is 0 Å². The average molecular weight is 197 g/mol. The van der Waals surface area contributed by atoms with Crippen molar-refractivity contribution in [2.75, 3.05) is 7.05 Å². The van der Waals surface area contributed by atoms with Crippen LogP contribution in [0.1, 0.15) is 65.2 Å². The molecule has 0 aromatic carbocycles. The molecule has 14 heavy (non-hydrogen) atoms. The van der Waals surface area contributed by atoms with Crippen molar-refractivity contribution >= 4 is 0 Å². The van der Waals surface area contributed by atoms with Crippen molar-refractivity contribution in [2.45, 2.75) is 77.3 Å². The molecule has 0 saturated heterocycles. The fraction of sp³-hybridized carbons (Fsp3) is 1.00. The zero-order chi connectivity index (χ0) is 10.4. The number of nitrogens with zero attached hydrogens (tertiary/aromatic N) is 1. The van der Waals surface area contributed by atoms with Crippen molar-refractivity contribution in [1.82, 2.24) is 4.90 Å². The molecule has 1 fully saturated rings. The Morgan fingerprint density at radius 2 is 1.86 bits per heavy atom. The van der Waals surface area contributed by atoms with E-state index in [4.69, 9.17) is 0 Å². The van der Waals surface area contributed by atoms with Crippen LogP contribution >= 0.6 is 0 Å². The van der Waals surface area contributed by atoms with Crippen LogP contribution in [-0.4, -0.2) is 24.0 Å². The largest absolute Gasteiger partial charge is 0.301 e. The van der Waals surface area contributed by atoms with E-state index in [2.05, 4.69) is 25.8 Å². The Morgan fingerprint density at radius 1 is 1.21 bits per heavy atom. The van der Waals surface area contributed by atoms with Crippen LogP contribution in [0.4, 0.5) is 0 Å². The van der Waals surface area contributed by atoms with Crippen LogP contribution in [0.2, 0.25) is 0 Å². The van der Waals surface area contributed by atoms with Gasteiger partial charge in [-0.05, 0) is 33.2 Å². The second-order valence-corrected chi connectivity index (χ2v) is 4.95. The van der Waals surface area contributed by atoms with Crippen molar-refractivity contribution < 1.29 is 0 Å². The Morgan fingerprint density at radius 3 is 2.43 bits per heavy atom. The lowest BCUT2D eigenvalue weighted by Crippen LogP contribution is -2.39. The van der Waals surface area contributed by atoms with E-state index in [9.17, 15) is 0 Å². The lowest BCUT2D eigenvalue weighted by molar-refractivity contribution is 0.139. The van der Waals surface area contributed by atoms with Crippen molar-refractivity contribution in [1.29, 1.82) is 0 Å². The highest BCUT2D eigenvalue weighted by Gasteiger charge is 2.21. The van der Waals surface area contributed by atoms with E-state index < -0.39 is 0 Å². The number of hydrogen-bond donors (Lipinski definition) is 0. The molecule has 1 rings (SSSR count). The quantitative estimate of drug-likeness (QED) is 0.647. The van der Waals surface area contributed by atoms with Crippen LogP contribution in [0.5, 0.6) is 0 Å². The molecule has 1 saturated carbocycles. The summed E-state index contributed by atoms with van der Waals surface area (Å²) < 4.78 is 0. The summed E-state index contributed by atoms with van der Waals surface area (Å²) in [5.74, 6) is 0. The number of hydrogen-bond acceptors (Lipinski definition) is 1. The lowest BCUT2D eigenvalue weighted by atomic mass is 9.93. The lowest BCUT2D eigenvalue weighted by Gasteiger charge is -2.35. The fourth-order valence-electron chi connectivity index (χ4n) is 2.55. The molecule has 0 amide bonds. The maximum atomic E-state index is 2.63. The Kier molecular flexibility index (Phi) is 5.54. The molecular weight excluding hydrogens is 170 g/mol. The summed E-state index contributed by atoms with van der Waals surface area (Å²) in [6.45, 7) is 4.68. The van der Waals surface area contributed by atoms with E-state index in [1.54, 1.807) is 0 Å². The van der Waals surface area contributed by atoms with Gasteiger partial charge in [0.1, 0.15) is 0 Å². The first-order valence-corrected chi connectivity index (χ1v) is 6.47. The van der Waals surface area contributed by atoms with Gasteiger partial charge in [0, 0.05) is 12.1 Å². The van der Waals surface area contributed by atoms with E-state index >= 15 is 0 Å². The van der Waals surface area contributed by atoms with Gasteiger partial charge in [-0.1, -0.05) is 39.0 Å². The molecule has 0 aromatic rings. The fourth-order valence-corrected chi connectivity index (χ4v) is 2.55. The average Bonchev–Trinajstić information content (AvgIpc) is 2.26. The maximum absolute atomic E-state index is 2.63. The standard InChI is InChI=1S/C13H27N/c1-4-5-9-12(2)14(3)13-10-7-6-8-11-13/h12-13H,4-11H2,1-3H3/t12-/m0/s1. The molecule has 0 spiro atoms. The molecular formula is C13H27N. The summed E-state index contributed by atoms with van der Waals surface area (Å²) in [5, 5.41) is 0. The molecule has 84 valence electrons. The van der Waals surface area contributed by atoms with Crippen molar-refractivity contribution in [3.05, 3.63) is 0 Å². The number of unbranched alkanes of at least 4 members (excludes halogenated alkanes) is 1. The van der Waals surface area contributed by atoms with Crippen molar-refractivity contribution in [2.24, 2.45) is 0 Å². The summed E-state index contributed by atoms with van der Waals surface area (Å²) >= 11 is 0. The molecule has 1 aliphatic rings. The minimum Gasteiger partial charge on any atom is -0.301 e. The molecule has 0 unspecified atom stereocenters. The third-order valence-corrected chi connectivity index (χ3v) is 3.82. The Bertz CT molecular complexity index is 138. The van der Waals surface area contributed by atoms with Gasteiger partial charge in [0.2, 0.25) is 0 Å². The Hall–Kier alpha value is -0.0400. The van der Waals surface area contributed by atoms with Gasteiger partial charge < -0.3 is 4.90 Å². The molecule has 0 heterocycles. The zero-order valence-corrected chi connectivity index (χ0v) is 10.3. The smallest absolute Gasteiger partial charge is 0.00950 e. The van der Waals surface area contributed by atoms with Crippen LogP contribution in [0, 0.1) is 0 Å². The molecule has 0 radical (unpaired) electrons. The Balaban J connectivity index is 2.26. The third kappa shape index (κ3) is 3.61. The summed E-state index contributed by atoms with van der Waals surface area (Å²) in [7, 11) is 2.33. The minimum atomic E-state index is 0.790. The predicted octanol–water partition coefficient (Wildman–Crippen LogP) is 3.83. The van der Waals surface area contributed by atoms with Gasteiger partial charge in [0.25, 0.3) is 0 Å². The SMILES string of the molecule is CCCC[C@H](C)N(C)C1CCCCC1. The summed E-state index contributed by atoms with van der Waals surface area (Å²) in [6.07, 6.45) is 11.4. The Labute approximate surface area is 89.9 Å². The van der Waals surface area contributed by atoms with Crippen LogP contribution in [0.25, 0.3) is 0 Å². The van der Waals surface area contributed by atoms with Gasteiger partial charge in [-0.2, -0.15) is 0 Å². The normalized spacial score (nSPS) is 21.4. The first-order valence-electron chi connectivity index (χ1n) is 6.47. The zero-order valence-electron chi connectivity index (χ0n) is 10.3. The van der Waals surface area contributed by atoms with Crippen LogP contribution in [0.3, 0.4) is 0 Å². The van der Waals surface area contributed by atoms with Crippen LogP contribution in [-0.2, 0) is 0 Å². The van der Waals surface area contributed by atoms with E-state index in [0.29, 0.717) is 0 Å². The van der Waals surface area contributed by atoms with Gasteiger partial charge >= 0.3 is 0 Å². The maximum Gasteiger partial charge on any atom is 0.00950 e. The summed E-state index contributed by atoms with van der Waals surface area (Å²) in [5.41, 5.74) is 0. The minimum absolute atomic E-state index is 0.790. The molecule has 1 nitrogen and oxygen atoms in total. The highest BCUT2D eigenvalue weighted by molar-refractivity contribution is 4.77. The number of rotatable bonds is 5.